The summed E-state index contributed by atoms with van der Waals surface area (Å²) in [6.07, 6.45) is -4.82. The highest BCUT2D eigenvalue weighted by molar-refractivity contribution is 5.89. The van der Waals surface area contributed by atoms with Gasteiger partial charge in [-0.15, -0.1) is 0 Å². The van der Waals surface area contributed by atoms with E-state index in [1.807, 2.05) is 0 Å². The number of ether oxygens (including phenoxy) is 6. The molecule has 0 bridgehead atoms. The molecule has 12 nitrogen and oxygen atoms in total. The molecule has 1 aromatic rings. The van der Waals surface area contributed by atoms with Crippen molar-refractivity contribution in [2.24, 2.45) is 0 Å². The minimum atomic E-state index is -1.26. The molecule has 0 aliphatic carbocycles. The van der Waals surface area contributed by atoms with Crippen molar-refractivity contribution in [2.45, 2.75) is 58.3 Å². The molecule has 1 amide bonds. The van der Waals surface area contributed by atoms with Gasteiger partial charge in [-0.1, -0.05) is 0 Å². The molecule has 1 N–H and O–H groups in total. The number of nitrogens with one attached hydrogen (secondary N) is 1. The summed E-state index contributed by atoms with van der Waals surface area (Å²) < 4.78 is 32.2. The quantitative estimate of drug-likeness (QED) is 0.408. The van der Waals surface area contributed by atoms with Crippen LogP contribution >= 0.6 is 0 Å². The van der Waals surface area contributed by atoms with E-state index in [1.165, 1.54) is 45.2 Å². The van der Waals surface area contributed by atoms with Crippen LogP contribution < -0.4 is 10.1 Å². The first-order valence-corrected chi connectivity index (χ1v) is 10.3. The lowest BCUT2D eigenvalue weighted by Crippen LogP contribution is -2.67. The van der Waals surface area contributed by atoms with Crippen LogP contribution in [0.5, 0.6) is 5.75 Å². The van der Waals surface area contributed by atoms with Gasteiger partial charge in [-0.25, -0.2) is 4.79 Å². The third-order valence-corrected chi connectivity index (χ3v) is 4.60. The summed E-state index contributed by atoms with van der Waals surface area (Å²) in [5, 5.41) is 2.60. The fourth-order valence-electron chi connectivity index (χ4n) is 3.31. The molecule has 34 heavy (non-hydrogen) atoms. The molecular weight excluding hydrogens is 454 g/mol. The van der Waals surface area contributed by atoms with E-state index in [0.717, 1.165) is 13.8 Å². The molecule has 1 aromatic carbocycles. The molecule has 1 aliphatic rings. The van der Waals surface area contributed by atoms with Crippen molar-refractivity contribution < 1.29 is 52.4 Å². The SMILES string of the molecule is COC(=O)c1ccc(O[C@@H]2O[C@@H](COC(C)=O)[C@@H](OC(C)=O)[C@@H](OC(C)=O)[C@@H]2NC(C)=O)cc1. The minimum absolute atomic E-state index is 0.242. The van der Waals surface area contributed by atoms with Crippen LogP contribution in [0.3, 0.4) is 0 Å². The first kappa shape index (κ1) is 26.6. The van der Waals surface area contributed by atoms with Crippen molar-refractivity contribution >= 4 is 29.8 Å². The highest BCUT2D eigenvalue weighted by Crippen LogP contribution is 2.29. The maximum Gasteiger partial charge on any atom is 0.337 e. The van der Waals surface area contributed by atoms with Crippen LogP contribution in [-0.2, 0) is 42.9 Å². The Morgan fingerprint density at radius 1 is 0.882 bits per heavy atom. The molecule has 1 fully saturated rings. The topological polar surface area (TPSA) is 153 Å². The van der Waals surface area contributed by atoms with Crippen LogP contribution in [0.1, 0.15) is 38.1 Å². The summed E-state index contributed by atoms with van der Waals surface area (Å²) in [6.45, 7) is 4.36. The van der Waals surface area contributed by atoms with E-state index in [1.54, 1.807) is 0 Å². The number of amides is 1. The average molecular weight is 481 g/mol. The van der Waals surface area contributed by atoms with Gasteiger partial charge in [0.2, 0.25) is 12.2 Å². The van der Waals surface area contributed by atoms with E-state index in [0.29, 0.717) is 0 Å². The molecule has 1 saturated heterocycles. The minimum Gasteiger partial charge on any atom is -0.465 e. The Kier molecular flexibility index (Phi) is 9.36. The lowest BCUT2D eigenvalue weighted by molar-refractivity contribution is -0.257. The van der Waals surface area contributed by atoms with Crippen LogP contribution in [0.4, 0.5) is 0 Å². The van der Waals surface area contributed by atoms with Gasteiger partial charge in [-0.3, -0.25) is 19.2 Å². The van der Waals surface area contributed by atoms with Gasteiger partial charge in [-0.05, 0) is 24.3 Å². The van der Waals surface area contributed by atoms with E-state index < -0.39 is 60.4 Å². The highest BCUT2D eigenvalue weighted by atomic mass is 16.7. The van der Waals surface area contributed by atoms with Crippen LogP contribution in [0, 0.1) is 0 Å². The number of carbonyl (C=O) groups excluding carboxylic acids is 5. The molecule has 1 heterocycles. The second-order valence-electron chi connectivity index (χ2n) is 7.35. The number of benzene rings is 1. The van der Waals surface area contributed by atoms with Gasteiger partial charge in [0.05, 0.1) is 12.7 Å². The normalized spacial score (nSPS) is 23.7. The molecular formula is C22H27NO11. The number of rotatable bonds is 8. The van der Waals surface area contributed by atoms with E-state index in [4.69, 9.17) is 23.7 Å². The van der Waals surface area contributed by atoms with Crippen molar-refractivity contribution in [3.8, 4) is 5.75 Å². The number of carbonyl (C=O) groups is 5. The Hall–Kier alpha value is -3.67. The Bertz CT molecular complexity index is 914. The van der Waals surface area contributed by atoms with E-state index >= 15 is 0 Å². The molecule has 0 aromatic heterocycles. The van der Waals surface area contributed by atoms with Gasteiger partial charge in [-0.2, -0.15) is 0 Å². The molecule has 1 aliphatic heterocycles. The smallest absolute Gasteiger partial charge is 0.337 e. The average Bonchev–Trinajstić information content (AvgIpc) is 2.75. The molecule has 0 spiro atoms. The van der Waals surface area contributed by atoms with Crippen molar-refractivity contribution in [3.63, 3.8) is 0 Å². The van der Waals surface area contributed by atoms with Crippen molar-refractivity contribution in [1.29, 1.82) is 0 Å². The maximum absolute atomic E-state index is 11.9. The summed E-state index contributed by atoms with van der Waals surface area (Å²) in [5.41, 5.74) is 0.276. The van der Waals surface area contributed by atoms with Crippen molar-refractivity contribution in [1.82, 2.24) is 5.32 Å². The summed E-state index contributed by atoms with van der Waals surface area (Å²) in [6, 6.07) is 4.75. The largest absolute Gasteiger partial charge is 0.465 e. The van der Waals surface area contributed by atoms with Crippen molar-refractivity contribution in [3.05, 3.63) is 29.8 Å². The molecule has 0 saturated carbocycles. The van der Waals surface area contributed by atoms with Crippen molar-refractivity contribution in [2.75, 3.05) is 13.7 Å². The summed E-state index contributed by atoms with van der Waals surface area (Å²) >= 11 is 0. The lowest BCUT2D eigenvalue weighted by Gasteiger charge is -2.44. The Balaban J connectivity index is 2.42. The van der Waals surface area contributed by atoms with Crippen LogP contribution in [0.15, 0.2) is 24.3 Å². The monoisotopic (exact) mass is 481 g/mol. The van der Waals surface area contributed by atoms with E-state index in [2.05, 4.69) is 10.1 Å². The Morgan fingerprint density at radius 3 is 1.97 bits per heavy atom. The molecule has 2 rings (SSSR count). The molecule has 12 heteroatoms. The predicted molar refractivity (Wildman–Crippen MR) is 112 cm³/mol. The molecule has 0 radical (unpaired) electrons. The predicted octanol–water partition coefficient (Wildman–Crippen LogP) is 0.508. The number of methoxy groups -OCH3 is 1. The van der Waals surface area contributed by atoms with Gasteiger partial charge >= 0.3 is 23.9 Å². The molecule has 0 unspecified atom stereocenters. The Morgan fingerprint density at radius 2 is 1.47 bits per heavy atom. The number of hydrogen-bond acceptors (Lipinski definition) is 11. The highest BCUT2D eigenvalue weighted by Gasteiger charge is 2.51. The summed E-state index contributed by atoms with van der Waals surface area (Å²) in [5.74, 6) is -2.84. The summed E-state index contributed by atoms with van der Waals surface area (Å²) in [7, 11) is 1.25. The van der Waals surface area contributed by atoms with Crippen LogP contribution in [-0.4, -0.2) is 74.1 Å². The standard InChI is InChI=1S/C22H27NO11/c1-11(24)23-18-20(32-14(4)27)19(31-13(3)26)17(10-30-12(2)25)34-22(18)33-16-8-6-15(7-9-16)21(28)29-5/h6-9,17-20,22H,10H2,1-5H3,(H,23,24)/t17-,18-,19+,20-,22+/m0/s1. The van der Waals surface area contributed by atoms with Gasteiger partial charge in [0.25, 0.3) is 0 Å². The van der Waals surface area contributed by atoms with E-state index in [-0.39, 0.29) is 17.9 Å². The lowest BCUT2D eigenvalue weighted by atomic mass is 9.96. The van der Waals surface area contributed by atoms with Crippen LogP contribution in [0.2, 0.25) is 0 Å². The van der Waals surface area contributed by atoms with Gasteiger partial charge in [0.15, 0.2) is 12.2 Å². The zero-order valence-electron chi connectivity index (χ0n) is 19.4. The third kappa shape index (κ3) is 7.44. The molecule has 5 atom stereocenters. The first-order valence-electron chi connectivity index (χ1n) is 10.3. The van der Waals surface area contributed by atoms with Gasteiger partial charge < -0.3 is 33.7 Å². The fraction of sp³-hybridized carbons (Fsp3) is 0.500. The van der Waals surface area contributed by atoms with Crippen LogP contribution in [0.25, 0.3) is 0 Å². The number of hydrogen-bond donors (Lipinski definition) is 1. The first-order chi connectivity index (χ1) is 16.0. The second-order valence-corrected chi connectivity index (χ2v) is 7.35. The zero-order valence-corrected chi connectivity index (χ0v) is 19.4. The van der Waals surface area contributed by atoms with E-state index in [9.17, 15) is 24.0 Å². The second kappa shape index (κ2) is 12.0. The zero-order chi connectivity index (χ0) is 25.4. The Labute approximate surface area is 195 Å². The number of esters is 4. The fourth-order valence-corrected chi connectivity index (χ4v) is 3.31. The molecule has 186 valence electrons. The van der Waals surface area contributed by atoms with Gasteiger partial charge in [0.1, 0.15) is 24.5 Å². The summed E-state index contributed by atoms with van der Waals surface area (Å²) in [4.78, 5) is 58.6. The third-order valence-electron chi connectivity index (χ3n) is 4.60. The van der Waals surface area contributed by atoms with Gasteiger partial charge in [0, 0.05) is 27.7 Å². The maximum atomic E-state index is 11.9.